The van der Waals surface area contributed by atoms with Crippen molar-refractivity contribution in [3.63, 3.8) is 0 Å². The van der Waals surface area contributed by atoms with Gasteiger partial charge in [0.25, 0.3) is 5.91 Å². The Morgan fingerprint density at radius 2 is 2.00 bits per heavy atom. The number of carbonyl (C=O) groups is 1. The van der Waals surface area contributed by atoms with Crippen molar-refractivity contribution in [2.75, 3.05) is 17.7 Å². The molecule has 32 heavy (non-hydrogen) atoms. The minimum Gasteiger partial charge on any atom is -0.481 e. The number of hydrogen-bond donors (Lipinski definition) is 3. The molecule has 8 heteroatoms. The van der Waals surface area contributed by atoms with Crippen LogP contribution in [0.15, 0.2) is 42.6 Å². The molecule has 0 unspecified atom stereocenters. The van der Waals surface area contributed by atoms with Gasteiger partial charge in [-0.2, -0.15) is 5.26 Å². The summed E-state index contributed by atoms with van der Waals surface area (Å²) in [6, 6.07) is 12.5. The van der Waals surface area contributed by atoms with Crippen LogP contribution in [0, 0.1) is 23.7 Å². The highest BCUT2D eigenvalue weighted by Gasteiger charge is 2.19. The number of carbonyl (C=O) groups excluding carboxylic acids is 1. The van der Waals surface area contributed by atoms with Gasteiger partial charge in [-0.1, -0.05) is 13.8 Å². The number of aryl methyl sites for hydroxylation is 1. The van der Waals surface area contributed by atoms with Crippen molar-refractivity contribution in [3.8, 4) is 11.9 Å². The van der Waals surface area contributed by atoms with E-state index in [1.54, 1.807) is 37.4 Å². The second kappa shape index (κ2) is 9.71. The molecule has 0 bridgehead atoms. The average Bonchev–Trinajstić information content (AvgIpc) is 2.78. The second-order valence-electron chi connectivity index (χ2n) is 7.45. The zero-order valence-corrected chi connectivity index (χ0v) is 18.4. The fourth-order valence-electron chi connectivity index (χ4n) is 3.38. The van der Waals surface area contributed by atoms with Gasteiger partial charge in [0.05, 0.1) is 7.11 Å². The number of aromatic nitrogens is 2. The zero-order chi connectivity index (χ0) is 23.3. The number of nitriles is 1. The third-order valence-electron chi connectivity index (χ3n) is 4.80. The molecule has 1 aromatic carbocycles. The standard InChI is InChI=1S/C24H24N6O2/c1-14(2)23-19(7-8-27-21(23)13-26)24(31)30-17-6-5-16(12-25)20(10-17)29-18-9-15(3)28-22(11-18)32-4/h5-12,14,25H,1-4H3,(H,28,29)(H,30,31). The van der Waals surface area contributed by atoms with E-state index >= 15 is 0 Å². The van der Waals surface area contributed by atoms with E-state index in [4.69, 9.17) is 10.1 Å². The summed E-state index contributed by atoms with van der Waals surface area (Å²) in [4.78, 5) is 21.4. The Hall–Kier alpha value is -4.25. The molecule has 0 saturated heterocycles. The fourth-order valence-corrected chi connectivity index (χ4v) is 3.38. The first-order valence-corrected chi connectivity index (χ1v) is 10.0. The monoisotopic (exact) mass is 428 g/mol. The summed E-state index contributed by atoms with van der Waals surface area (Å²) in [5.74, 6) is 0.102. The number of nitrogens with zero attached hydrogens (tertiary/aromatic N) is 3. The van der Waals surface area contributed by atoms with E-state index in [1.807, 2.05) is 26.8 Å². The first-order valence-electron chi connectivity index (χ1n) is 10.0. The predicted octanol–water partition coefficient (Wildman–Crippen LogP) is 4.78. The highest BCUT2D eigenvalue weighted by molar-refractivity contribution is 6.06. The quantitative estimate of drug-likeness (QED) is 0.465. The number of ether oxygens (including phenoxy) is 1. The Morgan fingerprint density at radius 1 is 1.22 bits per heavy atom. The van der Waals surface area contributed by atoms with Crippen LogP contribution in [0.5, 0.6) is 5.88 Å². The van der Waals surface area contributed by atoms with Crippen LogP contribution in [-0.4, -0.2) is 29.2 Å². The maximum absolute atomic E-state index is 13.0. The molecule has 0 saturated carbocycles. The Balaban J connectivity index is 1.93. The van der Waals surface area contributed by atoms with Gasteiger partial charge in [-0.15, -0.1) is 0 Å². The van der Waals surface area contributed by atoms with Crippen molar-refractivity contribution < 1.29 is 9.53 Å². The SMILES string of the molecule is COc1cc(Nc2cc(NC(=O)c3ccnc(C#N)c3C(C)C)ccc2C=N)cc(C)n1. The summed E-state index contributed by atoms with van der Waals surface area (Å²) in [6.45, 7) is 5.69. The van der Waals surface area contributed by atoms with Crippen LogP contribution >= 0.6 is 0 Å². The van der Waals surface area contributed by atoms with Crippen LogP contribution in [0.4, 0.5) is 17.1 Å². The molecular weight excluding hydrogens is 404 g/mol. The lowest BCUT2D eigenvalue weighted by Crippen LogP contribution is -2.16. The van der Waals surface area contributed by atoms with Crippen LogP contribution < -0.4 is 15.4 Å². The summed E-state index contributed by atoms with van der Waals surface area (Å²) < 4.78 is 5.22. The van der Waals surface area contributed by atoms with Crippen molar-refractivity contribution in [1.82, 2.24) is 9.97 Å². The number of methoxy groups -OCH3 is 1. The Bertz CT molecular complexity index is 1210. The van der Waals surface area contributed by atoms with E-state index < -0.39 is 0 Å². The minimum atomic E-state index is -0.331. The van der Waals surface area contributed by atoms with Crippen LogP contribution in [-0.2, 0) is 0 Å². The highest BCUT2D eigenvalue weighted by Crippen LogP contribution is 2.27. The van der Waals surface area contributed by atoms with Gasteiger partial charge in [-0.05, 0) is 43.2 Å². The summed E-state index contributed by atoms with van der Waals surface area (Å²) in [7, 11) is 1.55. The summed E-state index contributed by atoms with van der Waals surface area (Å²) in [5.41, 5.74) is 4.63. The van der Waals surface area contributed by atoms with Crippen LogP contribution in [0.25, 0.3) is 0 Å². The molecule has 3 N–H and O–H groups in total. The normalized spacial score (nSPS) is 10.4. The lowest BCUT2D eigenvalue weighted by molar-refractivity contribution is 0.102. The zero-order valence-electron chi connectivity index (χ0n) is 18.4. The van der Waals surface area contributed by atoms with Gasteiger partial charge in [-0.3, -0.25) is 4.79 Å². The number of amides is 1. The number of benzene rings is 1. The maximum Gasteiger partial charge on any atom is 0.256 e. The molecule has 3 rings (SSSR count). The molecule has 2 heterocycles. The molecule has 0 spiro atoms. The van der Waals surface area contributed by atoms with E-state index in [1.165, 1.54) is 12.4 Å². The lowest BCUT2D eigenvalue weighted by Gasteiger charge is -2.15. The van der Waals surface area contributed by atoms with Gasteiger partial charge in [0.1, 0.15) is 11.8 Å². The van der Waals surface area contributed by atoms with Gasteiger partial charge in [0.2, 0.25) is 5.88 Å². The first-order chi connectivity index (χ1) is 15.4. The predicted molar refractivity (Wildman–Crippen MR) is 124 cm³/mol. The third-order valence-corrected chi connectivity index (χ3v) is 4.80. The summed E-state index contributed by atoms with van der Waals surface area (Å²) >= 11 is 0. The van der Waals surface area contributed by atoms with Gasteiger partial charge >= 0.3 is 0 Å². The number of hydrogen-bond acceptors (Lipinski definition) is 7. The number of nitrogens with one attached hydrogen (secondary N) is 3. The molecule has 8 nitrogen and oxygen atoms in total. The molecule has 0 atom stereocenters. The summed E-state index contributed by atoms with van der Waals surface area (Å²) in [6.07, 6.45) is 2.70. The van der Waals surface area contributed by atoms with E-state index in [0.717, 1.165) is 11.4 Å². The van der Waals surface area contributed by atoms with Crippen molar-refractivity contribution in [2.45, 2.75) is 26.7 Å². The average molecular weight is 428 g/mol. The van der Waals surface area contributed by atoms with E-state index in [9.17, 15) is 10.1 Å². The van der Waals surface area contributed by atoms with Crippen molar-refractivity contribution in [2.24, 2.45) is 0 Å². The van der Waals surface area contributed by atoms with Gasteiger partial charge in [0.15, 0.2) is 0 Å². The van der Waals surface area contributed by atoms with E-state index in [-0.39, 0.29) is 17.5 Å². The van der Waals surface area contributed by atoms with Gasteiger partial charge in [-0.25, -0.2) is 9.97 Å². The van der Waals surface area contributed by atoms with Gasteiger partial charge in [0, 0.05) is 57.9 Å². The summed E-state index contributed by atoms with van der Waals surface area (Å²) in [5, 5.41) is 23.2. The molecule has 0 aliphatic heterocycles. The van der Waals surface area contributed by atoms with Crippen molar-refractivity contribution in [1.29, 1.82) is 10.7 Å². The molecule has 162 valence electrons. The van der Waals surface area contributed by atoms with Gasteiger partial charge < -0.3 is 20.8 Å². The molecule has 0 aliphatic carbocycles. The molecule has 2 aromatic heterocycles. The number of pyridine rings is 2. The van der Waals surface area contributed by atoms with E-state index in [0.29, 0.717) is 33.9 Å². The molecule has 0 radical (unpaired) electrons. The fraction of sp³-hybridized carbons (Fsp3) is 0.208. The maximum atomic E-state index is 13.0. The molecular formula is C24H24N6O2. The van der Waals surface area contributed by atoms with Crippen LogP contribution in [0.1, 0.15) is 52.6 Å². The van der Waals surface area contributed by atoms with Crippen molar-refractivity contribution in [3.05, 3.63) is 70.7 Å². The largest absolute Gasteiger partial charge is 0.481 e. The lowest BCUT2D eigenvalue weighted by atomic mass is 9.95. The topological polar surface area (TPSA) is 124 Å². The first kappa shape index (κ1) is 22.4. The second-order valence-corrected chi connectivity index (χ2v) is 7.45. The minimum absolute atomic E-state index is 0.0403. The number of anilines is 3. The van der Waals surface area contributed by atoms with Crippen LogP contribution in [0.3, 0.4) is 0 Å². The highest BCUT2D eigenvalue weighted by atomic mass is 16.5. The van der Waals surface area contributed by atoms with Crippen molar-refractivity contribution >= 4 is 29.2 Å². The Labute approximate surface area is 186 Å². The number of rotatable bonds is 7. The van der Waals surface area contributed by atoms with Crippen LogP contribution in [0.2, 0.25) is 0 Å². The smallest absolute Gasteiger partial charge is 0.256 e. The molecule has 1 amide bonds. The Kier molecular flexibility index (Phi) is 6.80. The van der Waals surface area contributed by atoms with E-state index in [2.05, 4.69) is 26.7 Å². The molecule has 0 fully saturated rings. The third kappa shape index (κ3) is 4.90. The Morgan fingerprint density at radius 3 is 2.66 bits per heavy atom. The molecule has 0 aliphatic rings. The molecule has 3 aromatic rings.